The minimum Gasteiger partial charge on any atom is -0.462 e. The number of rotatable bonds is 3. The Balaban J connectivity index is 1.83. The van der Waals surface area contributed by atoms with E-state index in [4.69, 9.17) is 16.3 Å². The molecule has 19 heavy (non-hydrogen) atoms. The number of cyclic esters (lactones) is 1. The van der Waals surface area contributed by atoms with E-state index in [1.54, 1.807) is 0 Å². The third-order valence-corrected chi connectivity index (χ3v) is 6.12. The van der Waals surface area contributed by atoms with Crippen LogP contribution in [0.3, 0.4) is 0 Å². The van der Waals surface area contributed by atoms with E-state index in [9.17, 15) is 4.79 Å². The van der Waals surface area contributed by atoms with Crippen LogP contribution in [0.5, 0.6) is 0 Å². The summed E-state index contributed by atoms with van der Waals surface area (Å²) in [6.45, 7) is 2.10. The predicted molar refractivity (Wildman–Crippen MR) is 76.0 cm³/mol. The molecule has 0 aromatic heterocycles. The zero-order valence-electron chi connectivity index (χ0n) is 11.8. The van der Waals surface area contributed by atoms with Crippen molar-refractivity contribution in [1.82, 2.24) is 0 Å². The number of ether oxygens (including phenoxy) is 1. The van der Waals surface area contributed by atoms with Gasteiger partial charge in [0.25, 0.3) is 0 Å². The van der Waals surface area contributed by atoms with Gasteiger partial charge in [0, 0.05) is 11.8 Å². The molecule has 1 aliphatic heterocycles. The average Bonchev–Trinajstić information content (AvgIpc) is 2.70. The SMILES string of the molecule is C[C@@H]1OC(=O)[C@H]2C[C@H]3CCCC[C@@H]3[C@@H](CCCCl)[C@@H]12. The van der Waals surface area contributed by atoms with Crippen molar-refractivity contribution in [1.29, 1.82) is 0 Å². The Morgan fingerprint density at radius 2 is 2.11 bits per heavy atom. The standard InChI is InChI=1S/C16H25ClO2/c1-10-15-13(7-4-8-17)12-6-3-2-5-11(12)9-14(15)16(18)19-10/h10-15H,2-9H2,1H3/t10-,11+,12-,13+,14-,15+/m0/s1. The van der Waals surface area contributed by atoms with E-state index in [0.29, 0.717) is 11.8 Å². The number of carbonyl (C=O) groups excluding carboxylic acids is 1. The number of hydrogen-bond acceptors (Lipinski definition) is 2. The summed E-state index contributed by atoms with van der Waals surface area (Å²) in [6.07, 6.45) is 8.90. The molecule has 3 rings (SSSR count). The fraction of sp³-hybridized carbons (Fsp3) is 0.938. The molecular formula is C16H25ClO2. The first-order chi connectivity index (χ1) is 9.22. The first-order valence-electron chi connectivity index (χ1n) is 7.99. The second kappa shape index (κ2) is 5.63. The van der Waals surface area contributed by atoms with Crippen LogP contribution in [0.15, 0.2) is 0 Å². The molecule has 0 radical (unpaired) electrons. The van der Waals surface area contributed by atoms with Gasteiger partial charge in [0.15, 0.2) is 0 Å². The predicted octanol–water partition coefficient (Wildman–Crippen LogP) is 4.01. The molecule has 1 heterocycles. The molecular weight excluding hydrogens is 260 g/mol. The molecule has 3 aliphatic rings. The summed E-state index contributed by atoms with van der Waals surface area (Å²) in [7, 11) is 0. The molecule has 0 bridgehead atoms. The Hall–Kier alpha value is -0.240. The van der Waals surface area contributed by atoms with Crippen molar-refractivity contribution < 1.29 is 9.53 Å². The summed E-state index contributed by atoms with van der Waals surface area (Å²) in [6, 6.07) is 0. The van der Waals surface area contributed by atoms with Gasteiger partial charge in [0.05, 0.1) is 5.92 Å². The van der Waals surface area contributed by atoms with Gasteiger partial charge in [-0.3, -0.25) is 4.79 Å². The molecule has 0 aromatic carbocycles. The summed E-state index contributed by atoms with van der Waals surface area (Å²) in [4.78, 5) is 12.1. The minimum atomic E-state index is 0.0809. The van der Waals surface area contributed by atoms with Gasteiger partial charge in [-0.2, -0.15) is 0 Å². The van der Waals surface area contributed by atoms with Gasteiger partial charge in [-0.25, -0.2) is 0 Å². The first-order valence-corrected chi connectivity index (χ1v) is 8.52. The molecule has 0 spiro atoms. The van der Waals surface area contributed by atoms with Crippen molar-refractivity contribution in [3.63, 3.8) is 0 Å². The van der Waals surface area contributed by atoms with Crippen LogP contribution in [0.25, 0.3) is 0 Å². The molecule has 3 heteroatoms. The minimum absolute atomic E-state index is 0.0809. The lowest BCUT2D eigenvalue weighted by Crippen LogP contribution is -2.43. The van der Waals surface area contributed by atoms with E-state index in [0.717, 1.165) is 30.6 Å². The fourth-order valence-corrected chi connectivity index (χ4v) is 5.31. The lowest BCUT2D eigenvalue weighted by molar-refractivity contribution is -0.144. The molecule has 0 aromatic rings. The summed E-state index contributed by atoms with van der Waals surface area (Å²) < 4.78 is 5.55. The highest BCUT2D eigenvalue weighted by molar-refractivity contribution is 6.17. The Kier molecular flexibility index (Phi) is 4.07. The van der Waals surface area contributed by atoms with E-state index >= 15 is 0 Å². The maximum absolute atomic E-state index is 12.1. The van der Waals surface area contributed by atoms with E-state index in [2.05, 4.69) is 6.92 Å². The smallest absolute Gasteiger partial charge is 0.309 e. The molecule has 0 amide bonds. The van der Waals surface area contributed by atoms with Crippen LogP contribution in [-0.2, 0) is 9.53 Å². The Morgan fingerprint density at radius 1 is 1.32 bits per heavy atom. The van der Waals surface area contributed by atoms with Gasteiger partial charge < -0.3 is 4.74 Å². The van der Waals surface area contributed by atoms with Crippen molar-refractivity contribution in [2.24, 2.45) is 29.6 Å². The van der Waals surface area contributed by atoms with E-state index < -0.39 is 0 Å². The monoisotopic (exact) mass is 284 g/mol. The first kappa shape index (κ1) is 13.7. The quantitative estimate of drug-likeness (QED) is 0.578. The van der Waals surface area contributed by atoms with Crippen LogP contribution in [0, 0.1) is 29.6 Å². The summed E-state index contributed by atoms with van der Waals surface area (Å²) in [5.74, 6) is 3.75. The van der Waals surface area contributed by atoms with Gasteiger partial charge in [-0.1, -0.05) is 19.3 Å². The Labute approximate surface area is 121 Å². The van der Waals surface area contributed by atoms with E-state index in [-0.39, 0.29) is 18.0 Å². The van der Waals surface area contributed by atoms with Crippen molar-refractivity contribution >= 4 is 17.6 Å². The van der Waals surface area contributed by atoms with E-state index in [1.807, 2.05) is 0 Å². The Morgan fingerprint density at radius 3 is 2.89 bits per heavy atom. The van der Waals surface area contributed by atoms with Crippen molar-refractivity contribution in [3.05, 3.63) is 0 Å². The summed E-state index contributed by atoms with van der Waals surface area (Å²) in [5.41, 5.74) is 0. The van der Waals surface area contributed by atoms with Crippen LogP contribution in [0.4, 0.5) is 0 Å². The zero-order chi connectivity index (χ0) is 13.4. The fourth-order valence-electron chi connectivity index (χ4n) is 5.16. The Bertz CT molecular complexity index is 344. The molecule has 0 unspecified atom stereocenters. The van der Waals surface area contributed by atoms with Crippen molar-refractivity contribution in [2.45, 2.75) is 58.0 Å². The maximum Gasteiger partial charge on any atom is 0.309 e. The second-order valence-electron chi connectivity index (χ2n) is 6.77. The molecule has 3 fully saturated rings. The molecule has 6 atom stereocenters. The topological polar surface area (TPSA) is 26.3 Å². The van der Waals surface area contributed by atoms with Crippen molar-refractivity contribution in [3.8, 4) is 0 Å². The third-order valence-electron chi connectivity index (χ3n) is 5.85. The van der Waals surface area contributed by atoms with Crippen LogP contribution in [-0.4, -0.2) is 18.0 Å². The van der Waals surface area contributed by atoms with Crippen LogP contribution < -0.4 is 0 Å². The summed E-state index contributed by atoms with van der Waals surface area (Å²) >= 11 is 5.91. The lowest BCUT2D eigenvalue weighted by atomic mass is 9.56. The van der Waals surface area contributed by atoms with Gasteiger partial charge in [-0.05, 0) is 50.4 Å². The zero-order valence-corrected chi connectivity index (χ0v) is 12.6. The highest BCUT2D eigenvalue weighted by Crippen LogP contribution is 2.54. The lowest BCUT2D eigenvalue weighted by Gasteiger charge is -2.47. The molecule has 1 saturated heterocycles. The average molecular weight is 285 g/mol. The molecule has 2 nitrogen and oxygen atoms in total. The number of hydrogen-bond donors (Lipinski definition) is 0. The molecule has 108 valence electrons. The molecule has 2 aliphatic carbocycles. The summed E-state index contributed by atoms with van der Waals surface area (Å²) in [5, 5.41) is 0. The second-order valence-corrected chi connectivity index (χ2v) is 7.14. The number of carbonyl (C=O) groups is 1. The number of fused-ring (bicyclic) bond motifs is 2. The maximum atomic E-state index is 12.1. The highest BCUT2D eigenvalue weighted by Gasteiger charge is 2.53. The number of halogens is 1. The number of alkyl halides is 1. The van der Waals surface area contributed by atoms with Crippen LogP contribution in [0.1, 0.15) is 51.9 Å². The van der Waals surface area contributed by atoms with Gasteiger partial charge in [0.2, 0.25) is 0 Å². The van der Waals surface area contributed by atoms with Crippen molar-refractivity contribution in [2.75, 3.05) is 5.88 Å². The van der Waals surface area contributed by atoms with Crippen LogP contribution >= 0.6 is 11.6 Å². The normalized spacial score (nSPS) is 45.5. The molecule has 0 N–H and O–H groups in total. The van der Waals surface area contributed by atoms with Gasteiger partial charge in [-0.15, -0.1) is 11.6 Å². The molecule has 2 saturated carbocycles. The third kappa shape index (κ3) is 2.41. The van der Waals surface area contributed by atoms with Gasteiger partial charge in [0.1, 0.15) is 6.10 Å². The van der Waals surface area contributed by atoms with Gasteiger partial charge >= 0.3 is 5.97 Å². The van der Waals surface area contributed by atoms with E-state index in [1.165, 1.54) is 32.1 Å². The largest absolute Gasteiger partial charge is 0.462 e. The highest BCUT2D eigenvalue weighted by atomic mass is 35.5. The number of esters is 1. The van der Waals surface area contributed by atoms with Crippen LogP contribution in [0.2, 0.25) is 0 Å².